The van der Waals surface area contributed by atoms with E-state index in [1.165, 1.54) is 16.2 Å². The van der Waals surface area contributed by atoms with Crippen LogP contribution < -0.4 is 20.1 Å². The van der Waals surface area contributed by atoms with Gasteiger partial charge >= 0.3 is 5.97 Å². The predicted molar refractivity (Wildman–Crippen MR) is 144 cm³/mol. The Kier molecular flexibility index (Phi) is 8.80. The van der Waals surface area contributed by atoms with Gasteiger partial charge in [0.15, 0.2) is 5.11 Å². The lowest BCUT2D eigenvalue weighted by Crippen LogP contribution is -2.60. The van der Waals surface area contributed by atoms with Crippen LogP contribution in [0.25, 0.3) is 10.1 Å². The van der Waals surface area contributed by atoms with Crippen LogP contribution in [-0.2, 0) is 14.3 Å². The van der Waals surface area contributed by atoms with Crippen molar-refractivity contribution in [2.75, 3.05) is 33.4 Å². The molecule has 2 heterocycles. The van der Waals surface area contributed by atoms with Crippen LogP contribution in [0.3, 0.4) is 0 Å². The second-order valence-electron chi connectivity index (χ2n) is 7.95. The fraction of sp³-hybridized carbons (Fsp3) is 0.280. The van der Waals surface area contributed by atoms with Crippen LogP contribution in [0.15, 0.2) is 48.5 Å². The van der Waals surface area contributed by atoms with Crippen LogP contribution in [0.1, 0.15) is 16.1 Å². The number of nitrogens with one attached hydrogen (secondary N) is 2. The number of hydrogen-bond acceptors (Lipinski definition) is 8. The quantitative estimate of drug-likeness (QED) is 0.245. The third-order valence-corrected chi connectivity index (χ3v) is 7.57. The molecule has 1 unspecified atom stereocenters. The minimum Gasteiger partial charge on any atom is -0.497 e. The summed E-state index contributed by atoms with van der Waals surface area (Å²) in [5.41, 5.74) is 0. The highest BCUT2D eigenvalue weighted by Crippen LogP contribution is 2.37. The molecule has 9 nitrogen and oxygen atoms in total. The molecule has 2 amide bonds. The van der Waals surface area contributed by atoms with Crippen LogP contribution >= 0.6 is 35.2 Å². The van der Waals surface area contributed by atoms with Crippen LogP contribution in [0.4, 0.5) is 0 Å². The number of hydrogen-bond donors (Lipinski definition) is 2. The number of ether oxygens (including phenoxy) is 3. The van der Waals surface area contributed by atoms with Crippen LogP contribution in [-0.4, -0.2) is 67.3 Å². The number of nitrogens with zero attached hydrogens (tertiary/aromatic N) is 1. The minimum atomic E-state index is -0.925. The fourth-order valence-electron chi connectivity index (χ4n) is 3.75. The summed E-state index contributed by atoms with van der Waals surface area (Å²) in [4.78, 5) is 39.8. The van der Waals surface area contributed by atoms with Gasteiger partial charge in [-0.3, -0.25) is 19.7 Å². The summed E-state index contributed by atoms with van der Waals surface area (Å²) in [7, 11) is 1.56. The second kappa shape index (κ2) is 12.2. The number of amides is 2. The molecule has 0 aliphatic carbocycles. The highest BCUT2D eigenvalue weighted by molar-refractivity contribution is 7.80. The van der Waals surface area contributed by atoms with E-state index in [1.807, 2.05) is 18.2 Å². The number of carbonyl (C=O) groups is 3. The largest absolute Gasteiger partial charge is 0.497 e. The van der Waals surface area contributed by atoms with E-state index in [4.69, 9.17) is 38.0 Å². The van der Waals surface area contributed by atoms with Crippen LogP contribution in [0, 0.1) is 0 Å². The molecular weight excluding hydrogens is 538 g/mol. The lowest BCUT2D eigenvalue weighted by molar-refractivity contribution is -0.148. The number of thiocarbonyl (C=S) groups is 1. The average molecular weight is 562 g/mol. The number of piperazine rings is 1. The number of halogens is 1. The molecular formula is C25H24ClN3O6S2. The van der Waals surface area contributed by atoms with E-state index in [2.05, 4.69) is 10.6 Å². The Bertz CT molecular complexity index is 1320. The van der Waals surface area contributed by atoms with Gasteiger partial charge in [-0.15, -0.1) is 11.3 Å². The molecule has 4 rings (SSSR count). The van der Waals surface area contributed by atoms with Crippen molar-refractivity contribution in [2.45, 2.75) is 12.5 Å². The maximum atomic E-state index is 13.0. The van der Waals surface area contributed by atoms with Crippen LogP contribution in [0.5, 0.6) is 11.5 Å². The monoisotopic (exact) mass is 561 g/mol. The smallest absolute Gasteiger partial charge is 0.308 e. The molecule has 1 aliphatic rings. The molecule has 1 atom stereocenters. The Morgan fingerprint density at radius 1 is 1.19 bits per heavy atom. The van der Waals surface area contributed by atoms with E-state index >= 15 is 0 Å². The first-order valence-corrected chi connectivity index (χ1v) is 13.0. The second-order valence-corrected chi connectivity index (χ2v) is 9.77. The number of carbonyl (C=O) groups excluding carboxylic acids is 3. The van der Waals surface area contributed by atoms with Crippen molar-refractivity contribution in [1.82, 2.24) is 15.5 Å². The summed E-state index contributed by atoms with van der Waals surface area (Å²) >= 11 is 13.1. The van der Waals surface area contributed by atoms with E-state index in [9.17, 15) is 14.4 Å². The number of benzene rings is 2. The Morgan fingerprint density at radius 2 is 1.97 bits per heavy atom. The first kappa shape index (κ1) is 26.6. The molecule has 12 heteroatoms. The zero-order valence-corrected chi connectivity index (χ0v) is 22.2. The first-order chi connectivity index (χ1) is 17.9. The van der Waals surface area contributed by atoms with Gasteiger partial charge in [-0.05, 0) is 42.5 Å². The highest BCUT2D eigenvalue weighted by atomic mass is 35.5. The molecule has 0 radical (unpaired) electrons. The van der Waals surface area contributed by atoms with Crippen molar-refractivity contribution in [3.63, 3.8) is 0 Å². The van der Waals surface area contributed by atoms with Crippen LogP contribution in [0.2, 0.25) is 5.02 Å². The van der Waals surface area contributed by atoms with Gasteiger partial charge in [0.25, 0.3) is 5.91 Å². The van der Waals surface area contributed by atoms with Crippen molar-refractivity contribution >= 4 is 68.1 Å². The lowest BCUT2D eigenvalue weighted by atomic mass is 10.1. The van der Waals surface area contributed by atoms with Gasteiger partial charge in [0.2, 0.25) is 5.91 Å². The van der Waals surface area contributed by atoms with Gasteiger partial charge in [-0.2, -0.15) is 0 Å². The fourth-order valence-corrected chi connectivity index (χ4v) is 5.51. The van der Waals surface area contributed by atoms with Crippen molar-refractivity contribution in [3.05, 3.63) is 58.4 Å². The standard InChI is InChI=1S/C25H24ClN3O6S2/c1-33-16-7-8-17-19(13-16)37-22(21(17)26)24(32)28-25(36)29-10-9-27-23(31)18(29)14-20(30)35-12-11-34-15-5-3-2-4-6-15/h2-8,13,18H,9-12,14H2,1H3,(H,27,31)(H,28,32,36). The number of thiophene rings is 1. The number of fused-ring (bicyclic) bond motifs is 1. The predicted octanol–water partition coefficient (Wildman–Crippen LogP) is 3.39. The molecule has 1 fully saturated rings. The van der Waals surface area contributed by atoms with Crippen molar-refractivity contribution < 1.29 is 28.6 Å². The summed E-state index contributed by atoms with van der Waals surface area (Å²) in [6.07, 6.45) is -0.239. The zero-order valence-electron chi connectivity index (χ0n) is 19.8. The molecule has 1 aromatic heterocycles. The molecule has 1 saturated heterocycles. The number of esters is 1. The maximum absolute atomic E-state index is 13.0. The molecule has 1 aliphatic heterocycles. The third kappa shape index (κ3) is 6.48. The zero-order chi connectivity index (χ0) is 26.4. The number of methoxy groups -OCH3 is 1. The molecule has 37 heavy (non-hydrogen) atoms. The van der Waals surface area contributed by atoms with E-state index < -0.39 is 17.9 Å². The molecule has 0 bridgehead atoms. The van der Waals surface area contributed by atoms with E-state index in [0.717, 1.165) is 10.1 Å². The van der Waals surface area contributed by atoms with Crippen molar-refractivity contribution in [1.29, 1.82) is 0 Å². The lowest BCUT2D eigenvalue weighted by Gasteiger charge is -2.36. The topological polar surface area (TPSA) is 106 Å². The van der Waals surface area contributed by atoms with Gasteiger partial charge in [0, 0.05) is 23.2 Å². The molecule has 0 spiro atoms. The van der Waals surface area contributed by atoms with E-state index in [0.29, 0.717) is 29.6 Å². The van der Waals surface area contributed by atoms with E-state index in [-0.39, 0.29) is 35.5 Å². The summed E-state index contributed by atoms with van der Waals surface area (Å²) in [6.45, 7) is 0.830. The molecule has 2 aromatic carbocycles. The normalized spacial score (nSPS) is 15.1. The Balaban J connectivity index is 1.36. The molecule has 2 N–H and O–H groups in total. The molecule has 3 aromatic rings. The minimum absolute atomic E-state index is 0.0242. The van der Waals surface area contributed by atoms with E-state index in [1.54, 1.807) is 37.4 Å². The van der Waals surface area contributed by atoms with Gasteiger partial charge in [-0.25, -0.2) is 0 Å². The molecule has 0 saturated carbocycles. The number of rotatable bonds is 8. The Hall–Kier alpha value is -3.41. The van der Waals surface area contributed by atoms with Crippen molar-refractivity contribution in [2.24, 2.45) is 0 Å². The first-order valence-electron chi connectivity index (χ1n) is 11.4. The average Bonchev–Trinajstić information content (AvgIpc) is 3.24. The Morgan fingerprint density at radius 3 is 2.73 bits per heavy atom. The molecule has 194 valence electrons. The maximum Gasteiger partial charge on any atom is 0.308 e. The third-order valence-electron chi connectivity index (χ3n) is 5.57. The van der Waals surface area contributed by atoms with Gasteiger partial charge in [-0.1, -0.05) is 29.8 Å². The summed E-state index contributed by atoms with van der Waals surface area (Å²) in [6, 6.07) is 13.6. The Labute approximate surface area is 227 Å². The summed E-state index contributed by atoms with van der Waals surface area (Å²) < 4.78 is 16.8. The van der Waals surface area contributed by atoms with Crippen molar-refractivity contribution in [3.8, 4) is 11.5 Å². The SMILES string of the molecule is COc1ccc2c(Cl)c(C(=O)NC(=S)N3CCNC(=O)C3CC(=O)OCCOc3ccccc3)sc2c1. The summed E-state index contributed by atoms with van der Waals surface area (Å²) in [5.74, 6) is -0.156. The summed E-state index contributed by atoms with van der Waals surface area (Å²) in [5, 5.41) is 6.42. The van der Waals surface area contributed by atoms with Gasteiger partial charge < -0.3 is 24.4 Å². The van der Waals surface area contributed by atoms with Gasteiger partial charge in [0.1, 0.15) is 35.6 Å². The number of para-hydroxylation sites is 1. The van der Waals surface area contributed by atoms with Gasteiger partial charge in [0.05, 0.1) is 18.6 Å². The highest BCUT2D eigenvalue weighted by Gasteiger charge is 2.34.